The average Bonchev–Trinajstić information content (AvgIpc) is 3.13. The summed E-state index contributed by atoms with van der Waals surface area (Å²) in [5.74, 6) is 1.14. The van der Waals surface area contributed by atoms with Crippen LogP contribution in [-0.2, 0) is 17.9 Å². The number of likely N-dealkylation sites (N-methyl/N-ethyl adjacent to an activating group) is 1. The number of rotatable bonds is 4. The zero-order valence-electron chi connectivity index (χ0n) is 14.5. The molecule has 0 saturated heterocycles. The van der Waals surface area contributed by atoms with Crippen LogP contribution in [0.1, 0.15) is 30.1 Å². The normalized spacial score (nSPS) is 16.1. The molecule has 0 N–H and O–H groups in total. The molecule has 1 unspecified atom stereocenters. The van der Waals surface area contributed by atoms with E-state index in [4.69, 9.17) is 0 Å². The highest BCUT2D eigenvalue weighted by molar-refractivity contribution is 5.83. The Labute approximate surface area is 151 Å². The molecule has 0 bridgehead atoms. The zero-order valence-corrected chi connectivity index (χ0v) is 14.5. The lowest BCUT2D eigenvalue weighted by molar-refractivity contribution is -0.132. The Morgan fingerprint density at radius 1 is 1.23 bits per heavy atom. The van der Waals surface area contributed by atoms with Gasteiger partial charge in [0.15, 0.2) is 5.82 Å². The fourth-order valence-electron chi connectivity index (χ4n) is 3.32. The third-order valence-electron chi connectivity index (χ3n) is 4.57. The molecule has 0 fully saturated rings. The van der Waals surface area contributed by atoms with Crippen LogP contribution in [0.3, 0.4) is 0 Å². The smallest absolute Gasteiger partial charge is 0.233 e. The van der Waals surface area contributed by atoms with Crippen molar-refractivity contribution >= 4 is 5.91 Å². The first kappa shape index (κ1) is 16.3. The number of carbonyl (C=O) groups excluding carboxylic acids is 1. The predicted octanol–water partition coefficient (Wildman–Crippen LogP) is 1.67. The maximum atomic E-state index is 13.0. The molecule has 3 aromatic rings. The van der Waals surface area contributed by atoms with Crippen LogP contribution in [0, 0.1) is 0 Å². The van der Waals surface area contributed by atoms with Crippen LogP contribution in [0.2, 0.25) is 0 Å². The van der Waals surface area contributed by atoms with E-state index in [1.165, 1.54) is 0 Å². The standard InChI is InChI=1S/C18H19N7O/c1-24(12-13-4-2-6-19-10-13)18(26)14-5-3-9-25-16(14)22-23-17(25)15-11-20-7-8-21-15/h2,4,6-8,10-11,14H,3,5,9,12H2,1H3. The van der Waals surface area contributed by atoms with Crippen molar-refractivity contribution in [1.29, 1.82) is 0 Å². The van der Waals surface area contributed by atoms with Gasteiger partial charge in [0.2, 0.25) is 5.91 Å². The number of hydrogen-bond donors (Lipinski definition) is 0. The molecule has 1 aliphatic heterocycles. The highest BCUT2D eigenvalue weighted by Gasteiger charge is 2.33. The van der Waals surface area contributed by atoms with E-state index in [-0.39, 0.29) is 11.8 Å². The minimum absolute atomic E-state index is 0.0490. The van der Waals surface area contributed by atoms with Crippen molar-refractivity contribution < 1.29 is 4.79 Å². The summed E-state index contributed by atoms with van der Waals surface area (Å²) in [6, 6.07) is 3.84. The van der Waals surface area contributed by atoms with E-state index < -0.39 is 0 Å². The third-order valence-corrected chi connectivity index (χ3v) is 4.57. The first-order chi connectivity index (χ1) is 12.7. The van der Waals surface area contributed by atoms with Crippen molar-refractivity contribution in [2.75, 3.05) is 7.05 Å². The highest BCUT2D eigenvalue weighted by atomic mass is 16.2. The lowest BCUT2D eigenvalue weighted by atomic mass is 9.97. The molecule has 1 aliphatic rings. The summed E-state index contributed by atoms with van der Waals surface area (Å²) in [6.07, 6.45) is 10.1. The Kier molecular flexibility index (Phi) is 4.39. The Morgan fingerprint density at radius 2 is 2.12 bits per heavy atom. The molecule has 0 aromatic carbocycles. The van der Waals surface area contributed by atoms with Crippen molar-refractivity contribution in [2.45, 2.75) is 31.8 Å². The second kappa shape index (κ2) is 6.99. The van der Waals surface area contributed by atoms with Crippen molar-refractivity contribution in [1.82, 2.24) is 34.6 Å². The number of nitrogens with zero attached hydrogens (tertiary/aromatic N) is 7. The Balaban J connectivity index is 1.58. The molecule has 8 nitrogen and oxygen atoms in total. The molecule has 1 atom stereocenters. The van der Waals surface area contributed by atoms with Crippen LogP contribution >= 0.6 is 0 Å². The van der Waals surface area contributed by atoms with E-state index in [2.05, 4.69) is 25.1 Å². The van der Waals surface area contributed by atoms with Gasteiger partial charge in [0.25, 0.3) is 0 Å². The van der Waals surface area contributed by atoms with Crippen LogP contribution in [0.4, 0.5) is 0 Å². The number of aromatic nitrogens is 6. The Bertz CT molecular complexity index is 894. The van der Waals surface area contributed by atoms with Gasteiger partial charge >= 0.3 is 0 Å². The highest BCUT2D eigenvalue weighted by Crippen LogP contribution is 2.30. The predicted molar refractivity (Wildman–Crippen MR) is 93.7 cm³/mol. The van der Waals surface area contributed by atoms with Gasteiger partial charge < -0.3 is 9.47 Å². The summed E-state index contributed by atoms with van der Waals surface area (Å²) in [5.41, 5.74) is 1.67. The van der Waals surface area contributed by atoms with Gasteiger partial charge in [-0.05, 0) is 24.5 Å². The molecule has 26 heavy (non-hydrogen) atoms. The molecule has 1 amide bonds. The van der Waals surface area contributed by atoms with Crippen LogP contribution < -0.4 is 0 Å². The number of hydrogen-bond acceptors (Lipinski definition) is 6. The summed E-state index contributed by atoms with van der Waals surface area (Å²) < 4.78 is 1.99. The second-order valence-corrected chi connectivity index (χ2v) is 6.37. The molecule has 0 radical (unpaired) electrons. The summed E-state index contributed by atoms with van der Waals surface area (Å²) in [5, 5.41) is 8.58. The molecule has 0 spiro atoms. The van der Waals surface area contributed by atoms with E-state index >= 15 is 0 Å². The van der Waals surface area contributed by atoms with E-state index in [9.17, 15) is 4.79 Å². The van der Waals surface area contributed by atoms with Crippen molar-refractivity contribution in [2.24, 2.45) is 0 Å². The van der Waals surface area contributed by atoms with Gasteiger partial charge in [-0.25, -0.2) is 4.98 Å². The van der Waals surface area contributed by atoms with Gasteiger partial charge in [0.1, 0.15) is 11.5 Å². The number of fused-ring (bicyclic) bond motifs is 1. The molecular formula is C18H19N7O. The number of pyridine rings is 1. The molecule has 3 aromatic heterocycles. The molecular weight excluding hydrogens is 330 g/mol. The van der Waals surface area contributed by atoms with E-state index in [1.807, 2.05) is 23.7 Å². The third kappa shape index (κ3) is 3.05. The lowest BCUT2D eigenvalue weighted by Crippen LogP contribution is -2.34. The monoisotopic (exact) mass is 349 g/mol. The molecule has 4 rings (SSSR count). The van der Waals surface area contributed by atoms with Crippen molar-refractivity contribution in [3.05, 3.63) is 54.5 Å². The van der Waals surface area contributed by atoms with E-state index in [1.54, 1.807) is 35.9 Å². The van der Waals surface area contributed by atoms with Crippen LogP contribution in [-0.4, -0.2) is 47.6 Å². The molecule has 0 aliphatic carbocycles. The Morgan fingerprint density at radius 3 is 2.88 bits per heavy atom. The van der Waals surface area contributed by atoms with E-state index in [0.717, 1.165) is 24.9 Å². The largest absolute Gasteiger partial charge is 0.341 e. The molecule has 0 saturated carbocycles. The van der Waals surface area contributed by atoms with Gasteiger partial charge in [0, 0.05) is 44.9 Å². The summed E-state index contributed by atoms with van der Waals surface area (Å²) in [6.45, 7) is 1.30. The second-order valence-electron chi connectivity index (χ2n) is 6.37. The first-order valence-corrected chi connectivity index (χ1v) is 8.57. The fourth-order valence-corrected chi connectivity index (χ4v) is 3.32. The van der Waals surface area contributed by atoms with Gasteiger partial charge in [0.05, 0.1) is 12.1 Å². The number of amides is 1. The zero-order chi connectivity index (χ0) is 17.9. The van der Waals surface area contributed by atoms with Crippen LogP contribution in [0.15, 0.2) is 43.1 Å². The topological polar surface area (TPSA) is 89.7 Å². The van der Waals surface area contributed by atoms with Crippen LogP contribution in [0.5, 0.6) is 0 Å². The van der Waals surface area contributed by atoms with Gasteiger partial charge in [-0.1, -0.05) is 6.07 Å². The first-order valence-electron chi connectivity index (χ1n) is 8.57. The van der Waals surface area contributed by atoms with Crippen molar-refractivity contribution in [3.8, 4) is 11.5 Å². The Hall–Kier alpha value is -3.16. The van der Waals surface area contributed by atoms with Gasteiger partial charge in [-0.2, -0.15) is 0 Å². The molecule has 132 valence electrons. The SMILES string of the molecule is CN(Cc1cccnc1)C(=O)C1CCCn2c(-c3cnccn3)nnc21. The average molecular weight is 349 g/mol. The summed E-state index contributed by atoms with van der Waals surface area (Å²) in [7, 11) is 1.81. The maximum absolute atomic E-state index is 13.0. The minimum atomic E-state index is -0.289. The van der Waals surface area contributed by atoms with Gasteiger partial charge in [-0.15, -0.1) is 10.2 Å². The van der Waals surface area contributed by atoms with Gasteiger partial charge in [-0.3, -0.25) is 14.8 Å². The van der Waals surface area contributed by atoms with Crippen LogP contribution in [0.25, 0.3) is 11.5 Å². The molecule has 8 heteroatoms. The minimum Gasteiger partial charge on any atom is -0.341 e. The lowest BCUT2D eigenvalue weighted by Gasteiger charge is -2.27. The fraction of sp³-hybridized carbons (Fsp3) is 0.333. The molecule has 4 heterocycles. The number of carbonyl (C=O) groups is 1. The van der Waals surface area contributed by atoms with Crippen molar-refractivity contribution in [3.63, 3.8) is 0 Å². The van der Waals surface area contributed by atoms with E-state index in [0.29, 0.717) is 23.9 Å². The summed E-state index contributed by atoms with van der Waals surface area (Å²) >= 11 is 0. The maximum Gasteiger partial charge on any atom is 0.233 e. The quantitative estimate of drug-likeness (QED) is 0.712. The summed E-state index contributed by atoms with van der Waals surface area (Å²) in [4.78, 5) is 27.2.